The van der Waals surface area contributed by atoms with E-state index in [1.54, 1.807) is 0 Å². The first-order chi connectivity index (χ1) is 9.74. The minimum atomic E-state index is 0.661. The van der Waals surface area contributed by atoms with Crippen molar-refractivity contribution in [2.75, 3.05) is 0 Å². The summed E-state index contributed by atoms with van der Waals surface area (Å²) in [7, 11) is 0. The van der Waals surface area contributed by atoms with Crippen molar-refractivity contribution in [1.29, 1.82) is 0 Å². The number of nitrogens with one attached hydrogen (secondary N) is 1. The summed E-state index contributed by atoms with van der Waals surface area (Å²) in [6.45, 7) is 4.36. The van der Waals surface area contributed by atoms with Crippen LogP contribution in [0.1, 0.15) is 35.7 Å². The van der Waals surface area contributed by atoms with Crippen molar-refractivity contribution in [3.63, 3.8) is 0 Å². The maximum Gasteiger partial charge on any atom is 0.110 e. The monoisotopic (exact) mass is 262 g/mol. The van der Waals surface area contributed by atoms with Crippen molar-refractivity contribution in [3.05, 3.63) is 53.3 Å². The minimum absolute atomic E-state index is 0.661. The Morgan fingerprint density at radius 1 is 1.00 bits per heavy atom. The molecule has 1 fully saturated rings. The summed E-state index contributed by atoms with van der Waals surface area (Å²) in [4.78, 5) is 8.36. The van der Waals surface area contributed by atoms with Crippen molar-refractivity contribution in [3.8, 4) is 11.1 Å². The summed E-state index contributed by atoms with van der Waals surface area (Å²) in [5.74, 6) is 1.83. The van der Waals surface area contributed by atoms with E-state index in [9.17, 15) is 0 Å². The van der Waals surface area contributed by atoms with Gasteiger partial charge in [-0.1, -0.05) is 30.3 Å². The normalized spacial score (nSPS) is 14.9. The second-order valence-electron chi connectivity index (χ2n) is 5.85. The molecule has 3 aromatic rings. The van der Waals surface area contributed by atoms with Gasteiger partial charge in [0.1, 0.15) is 5.82 Å². The Bertz CT molecular complexity index is 794. The van der Waals surface area contributed by atoms with Crippen LogP contribution in [0.15, 0.2) is 36.4 Å². The first kappa shape index (κ1) is 11.7. The predicted octanol–water partition coefficient (Wildman–Crippen LogP) is 4.72. The van der Waals surface area contributed by atoms with Crippen molar-refractivity contribution in [1.82, 2.24) is 9.97 Å². The van der Waals surface area contributed by atoms with Crippen LogP contribution in [0.5, 0.6) is 0 Å². The van der Waals surface area contributed by atoms with Gasteiger partial charge in [0.05, 0.1) is 11.0 Å². The topological polar surface area (TPSA) is 28.7 Å². The summed E-state index contributed by atoms with van der Waals surface area (Å²) in [5.41, 5.74) is 7.48. The molecule has 1 saturated carbocycles. The molecule has 2 nitrogen and oxygen atoms in total. The first-order valence-corrected chi connectivity index (χ1v) is 7.29. The molecule has 2 aromatic carbocycles. The maximum absolute atomic E-state index is 4.87. The van der Waals surface area contributed by atoms with Gasteiger partial charge in [-0.05, 0) is 49.4 Å². The fourth-order valence-corrected chi connectivity index (χ4v) is 2.86. The summed E-state index contributed by atoms with van der Waals surface area (Å²) >= 11 is 0. The number of aromatic amines is 1. The van der Waals surface area contributed by atoms with Crippen LogP contribution in [0.4, 0.5) is 0 Å². The third kappa shape index (κ3) is 1.75. The molecular formula is C18H18N2. The van der Waals surface area contributed by atoms with E-state index in [-0.39, 0.29) is 0 Å². The fourth-order valence-electron chi connectivity index (χ4n) is 2.86. The van der Waals surface area contributed by atoms with Gasteiger partial charge in [-0.3, -0.25) is 0 Å². The van der Waals surface area contributed by atoms with Gasteiger partial charge in [0.15, 0.2) is 0 Å². The molecule has 0 radical (unpaired) electrons. The van der Waals surface area contributed by atoms with Gasteiger partial charge in [-0.2, -0.15) is 0 Å². The molecule has 4 rings (SSSR count). The van der Waals surface area contributed by atoms with E-state index in [1.165, 1.54) is 35.1 Å². The Labute approximate surface area is 118 Å². The highest BCUT2D eigenvalue weighted by Crippen LogP contribution is 2.40. The second-order valence-corrected chi connectivity index (χ2v) is 5.85. The van der Waals surface area contributed by atoms with Gasteiger partial charge in [0, 0.05) is 11.5 Å². The van der Waals surface area contributed by atoms with Crippen LogP contribution < -0.4 is 0 Å². The van der Waals surface area contributed by atoms with Crippen LogP contribution >= 0.6 is 0 Å². The van der Waals surface area contributed by atoms with Gasteiger partial charge in [-0.15, -0.1) is 0 Å². The van der Waals surface area contributed by atoms with Crippen molar-refractivity contribution in [2.45, 2.75) is 32.6 Å². The maximum atomic E-state index is 4.87. The molecule has 0 atom stereocenters. The van der Waals surface area contributed by atoms with E-state index in [4.69, 9.17) is 4.98 Å². The van der Waals surface area contributed by atoms with E-state index < -0.39 is 0 Å². The van der Waals surface area contributed by atoms with Crippen LogP contribution in [0.3, 0.4) is 0 Å². The Hall–Kier alpha value is -2.09. The van der Waals surface area contributed by atoms with Crippen molar-refractivity contribution < 1.29 is 0 Å². The van der Waals surface area contributed by atoms with Gasteiger partial charge in [-0.25, -0.2) is 4.98 Å². The quantitative estimate of drug-likeness (QED) is 0.711. The van der Waals surface area contributed by atoms with Crippen molar-refractivity contribution >= 4 is 11.0 Å². The van der Waals surface area contributed by atoms with Crippen LogP contribution in [0, 0.1) is 13.8 Å². The number of para-hydroxylation sites is 1. The Kier molecular flexibility index (Phi) is 2.46. The van der Waals surface area contributed by atoms with E-state index in [0.29, 0.717) is 5.92 Å². The highest BCUT2D eigenvalue weighted by Gasteiger charge is 2.27. The van der Waals surface area contributed by atoms with Crippen molar-refractivity contribution in [2.24, 2.45) is 0 Å². The Morgan fingerprint density at radius 3 is 2.55 bits per heavy atom. The first-order valence-electron chi connectivity index (χ1n) is 7.29. The fraction of sp³-hybridized carbons (Fsp3) is 0.278. The molecule has 1 N–H and O–H groups in total. The molecule has 0 bridgehead atoms. The molecule has 2 heteroatoms. The number of nitrogens with zero attached hydrogens (tertiary/aromatic N) is 1. The summed E-state index contributed by atoms with van der Waals surface area (Å²) in [6.07, 6.45) is 2.55. The molecule has 0 saturated heterocycles. The number of H-pyrrole nitrogens is 1. The lowest BCUT2D eigenvalue weighted by Crippen LogP contribution is -1.88. The summed E-state index contributed by atoms with van der Waals surface area (Å²) in [5, 5.41) is 0. The van der Waals surface area contributed by atoms with E-state index in [0.717, 1.165) is 16.9 Å². The SMILES string of the molecule is Cc1cccc(-c2cccc3[nH]c(C4CC4)nc23)c1C. The van der Waals surface area contributed by atoms with E-state index in [1.807, 2.05) is 0 Å². The van der Waals surface area contributed by atoms with Gasteiger partial charge >= 0.3 is 0 Å². The number of hydrogen-bond acceptors (Lipinski definition) is 1. The largest absolute Gasteiger partial charge is 0.342 e. The van der Waals surface area contributed by atoms with Gasteiger partial charge in [0.2, 0.25) is 0 Å². The summed E-state index contributed by atoms with van der Waals surface area (Å²) in [6, 6.07) is 12.9. The molecule has 100 valence electrons. The Morgan fingerprint density at radius 2 is 1.75 bits per heavy atom. The lowest BCUT2D eigenvalue weighted by molar-refractivity contribution is 0.986. The number of fused-ring (bicyclic) bond motifs is 1. The number of benzene rings is 2. The average Bonchev–Trinajstić information content (AvgIpc) is 3.21. The molecule has 0 unspecified atom stereocenters. The number of imidazole rings is 1. The number of aromatic nitrogens is 2. The zero-order chi connectivity index (χ0) is 13.7. The lowest BCUT2D eigenvalue weighted by Gasteiger charge is -2.09. The van der Waals surface area contributed by atoms with Crippen LogP contribution in [0.25, 0.3) is 22.2 Å². The van der Waals surface area contributed by atoms with E-state index >= 15 is 0 Å². The summed E-state index contributed by atoms with van der Waals surface area (Å²) < 4.78 is 0. The third-order valence-corrected chi connectivity index (χ3v) is 4.39. The van der Waals surface area contributed by atoms with Crippen LogP contribution in [-0.4, -0.2) is 9.97 Å². The minimum Gasteiger partial charge on any atom is -0.342 e. The molecule has 1 aliphatic rings. The standard InChI is InChI=1S/C18H18N2/c1-11-5-3-6-14(12(11)2)15-7-4-8-16-17(15)20-18(19-16)13-9-10-13/h3-8,13H,9-10H2,1-2H3,(H,19,20). The molecule has 1 heterocycles. The average molecular weight is 262 g/mol. The predicted molar refractivity (Wildman–Crippen MR) is 83.0 cm³/mol. The molecular weight excluding hydrogens is 244 g/mol. The molecule has 0 spiro atoms. The number of aryl methyl sites for hydroxylation is 1. The smallest absolute Gasteiger partial charge is 0.110 e. The van der Waals surface area contributed by atoms with Crippen LogP contribution in [0.2, 0.25) is 0 Å². The lowest BCUT2D eigenvalue weighted by atomic mass is 9.96. The molecule has 1 aromatic heterocycles. The van der Waals surface area contributed by atoms with Gasteiger partial charge in [0.25, 0.3) is 0 Å². The molecule has 1 aliphatic carbocycles. The highest BCUT2D eigenvalue weighted by atomic mass is 14.9. The zero-order valence-corrected chi connectivity index (χ0v) is 11.9. The molecule has 20 heavy (non-hydrogen) atoms. The number of rotatable bonds is 2. The highest BCUT2D eigenvalue weighted by molar-refractivity contribution is 5.93. The van der Waals surface area contributed by atoms with E-state index in [2.05, 4.69) is 55.2 Å². The third-order valence-electron chi connectivity index (χ3n) is 4.39. The van der Waals surface area contributed by atoms with Crippen LogP contribution in [-0.2, 0) is 0 Å². The number of hydrogen-bond donors (Lipinski definition) is 1. The molecule has 0 amide bonds. The Balaban J connectivity index is 1.96. The zero-order valence-electron chi connectivity index (χ0n) is 11.9. The molecule has 0 aliphatic heterocycles. The second kappa shape index (κ2) is 4.20. The van der Waals surface area contributed by atoms with Gasteiger partial charge < -0.3 is 4.98 Å².